The van der Waals surface area contributed by atoms with Crippen LogP contribution >= 0.6 is 0 Å². The number of nitrogens with zero attached hydrogens (tertiary/aromatic N) is 2. The maximum Gasteiger partial charge on any atom is 0.262 e. The zero-order valence-corrected chi connectivity index (χ0v) is 15.4. The van der Waals surface area contributed by atoms with E-state index in [-0.39, 0.29) is 18.7 Å². The standard InChI is InChI=1S/C20H22N4O4/c25-16-5-4-15(18(26)22-16)24-19(27)13-3-1-2-12(17(13)20(24)28)9-23-7-6-11-8-21-14(11)10-23/h1-3,11,14-15,21H,4-10H2,(H,22,25,26). The molecular formula is C20H22N4O4. The van der Waals surface area contributed by atoms with Gasteiger partial charge >= 0.3 is 0 Å². The Labute approximate surface area is 162 Å². The topological polar surface area (TPSA) is 98.8 Å². The van der Waals surface area contributed by atoms with Gasteiger partial charge in [-0.3, -0.25) is 34.3 Å². The van der Waals surface area contributed by atoms with Gasteiger partial charge in [-0.2, -0.15) is 0 Å². The molecule has 1 aromatic rings. The molecular weight excluding hydrogens is 360 g/mol. The summed E-state index contributed by atoms with van der Waals surface area (Å²) in [6.07, 6.45) is 1.44. The number of fused-ring (bicyclic) bond motifs is 2. The number of nitrogens with one attached hydrogen (secondary N) is 2. The van der Waals surface area contributed by atoms with Crippen molar-refractivity contribution in [2.75, 3.05) is 19.6 Å². The molecule has 4 amide bonds. The summed E-state index contributed by atoms with van der Waals surface area (Å²) in [5.74, 6) is -1.07. The number of likely N-dealkylation sites (tertiary alicyclic amines) is 1. The van der Waals surface area contributed by atoms with Crippen molar-refractivity contribution in [2.45, 2.75) is 37.9 Å². The van der Waals surface area contributed by atoms with Crippen molar-refractivity contribution in [3.8, 4) is 0 Å². The van der Waals surface area contributed by atoms with E-state index in [4.69, 9.17) is 0 Å². The average molecular weight is 382 g/mol. The average Bonchev–Trinajstić information content (AvgIpc) is 2.90. The van der Waals surface area contributed by atoms with Crippen LogP contribution < -0.4 is 10.6 Å². The highest BCUT2D eigenvalue weighted by molar-refractivity contribution is 6.24. The highest BCUT2D eigenvalue weighted by atomic mass is 16.2. The Kier molecular flexibility index (Phi) is 4.06. The highest BCUT2D eigenvalue weighted by Crippen LogP contribution is 2.31. The number of carbonyl (C=O) groups is 4. The van der Waals surface area contributed by atoms with Gasteiger partial charge in [0.05, 0.1) is 11.1 Å². The molecule has 0 saturated carbocycles. The van der Waals surface area contributed by atoms with E-state index >= 15 is 0 Å². The molecule has 0 aromatic heterocycles. The Hall–Kier alpha value is -2.58. The zero-order chi connectivity index (χ0) is 19.4. The van der Waals surface area contributed by atoms with Gasteiger partial charge in [0.25, 0.3) is 11.8 Å². The third-order valence-electron chi connectivity index (χ3n) is 6.43. The fraction of sp³-hybridized carbons (Fsp3) is 0.500. The van der Waals surface area contributed by atoms with Gasteiger partial charge in [-0.15, -0.1) is 0 Å². The number of rotatable bonds is 3. The molecule has 0 bridgehead atoms. The summed E-state index contributed by atoms with van der Waals surface area (Å²) in [6, 6.07) is 4.92. The summed E-state index contributed by atoms with van der Waals surface area (Å²) in [5, 5.41) is 5.68. The molecule has 0 aliphatic carbocycles. The van der Waals surface area contributed by atoms with E-state index < -0.39 is 23.8 Å². The lowest BCUT2D eigenvalue weighted by molar-refractivity contribution is -0.136. The Bertz CT molecular complexity index is 898. The fourth-order valence-electron chi connectivity index (χ4n) is 4.79. The first-order valence-electron chi connectivity index (χ1n) is 9.82. The van der Waals surface area contributed by atoms with Crippen molar-refractivity contribution >= 4 is 23.6 Å². The summed E-state index contributed by atoms with van der Waals surface area (Å²) in [4.78, 5) is 53.0. The summed E-state index contributed by atoms with van der Waals surface area (Å²) < 4.78 is 0. The van der Waals surface area contributed by atoms with Crippen LogP contribution in [0.2, 0.25) is 0 Å². The predicted molar refractivity (Wildman–Crippen MR) is 98.3 cm³/mol. The maximum atomic E-state index is 13.1. The summed E-state index contributed by atoms with van der Waals surface area (Å²) >= 11 is 0. The Morgan fingerprint density at radius 2 is 1.93 bits per heavy atom. The van der Waals surface area contributed by atoms with E-state index in [9.17, 15) is 19.2 Å². The SMILES string of the molecule is O=C1CCC(N2C(=O)c3cccc(CN4CCC5CNC5C4)c3C2=O)C(=O)N1. The Morgan fingerprint density at radius 3 is 2.64 bits per heavy atom. The number of amides is 4. The molecule has 0 spiro atoms. The molecule has 0 radical (unpaired) electrons. The van der Waals surface area contributed by atoms with Gasteiger partial charge in [0.1, 0.15) is 6.04 Å². The molecule has 1 aromatic carbocycles. The van der Waals surface area contributed by atoms with Crippen molar-refractivity contribution < 1.29 is 19.2 Å². The molecule has 4 aliphatic rings. The van der Waals surface area contributed by atoms with Crippen LogP contribution in [0.15, 0.2) is 18.2 Å². The monoisotopic (exact) mass is 382 g/mol. The van der Waals surface area contributed by atoms with Crippen molar-refractivity contribution in [3.63, 3.8) is 0 Å². The largest absolute Gasteiger partial charge is 0.312 e. The number of hydrogen-bond donors (Lipinski definition) is 2. The third-order valence-corrected chi connectivity index (χ3v) is 6.43. The van der Waals surface area contributed by atoms with E-state index in [1.54, 1.807) is 12.1 Å². The lowest BCUT2D eigenvalue weighted by Gasteiger charge is -2.46. The third kappa shape index (κ3) is 2.67. The van der Waals surface area contributed by atoms with E-state index in [1.165, 1.54) is 0 Å². The second-order valence-electron chi connectivity index (χ2n) is 8.09. The van der Waals surface area contributed by atoms with Crippen LogP contribution in [-0.4, -0.2) is 65.1 Å². The van der Waals surface area contributed by atoms with Crippen LogP contribution in [0, 0.1) is 5.92 Å². The first-order valence-corrected chi connectivity index (χ1v) is 9.82. The second kappa shape index (κ2) is 6.49. The number of hydrogen-bond acceptors (Lipinski definition) is 6. The van der Waals surface area contributed by atoms with Gasteiger partial charge in [-0.1, -0.05) is 12.1 Å². The number of piperidine rings is 2. The molecule has 3 saturated heterocycles. The molecule has 146 valence electrons. The molecule has 8 nitrogen and oxygen atoms in total. The zero-order valence-electron chi connectivity index (χ0n) is 15.4. The first kappa shape index (κ1) is 17.5. The minimum Gasteiger partial charge on any atom is -0.312 e. The molecule has 8 heteroatoms. The van der Waals surface area contributed by atoms with Crippen LogP contribution in [0.3, 0.4) is 0 Å². The van der Waals surface area contributed by atoms with Gasteiger partial charge in [-0.25, -0.2) is 0 Å². The molecule has 5 rings (SSSR count). The van der Waals surface area contributed by atoms with Crippen LogP contribution in [0.4, 0.5) is 0 Å². The summed E-state index contributed by atoms with van der Waals surface area (Å²) in [5.41, 5.74) is 1.58. The fourth-order valence-corrected chi connectivity index (χ4v) is 4.79. The number of benzene rings is 1. The first-order chi connectivity index (χ1) is 13.5. The van der Waals surface area contributed by atoms with Gasteiger partial charge in [0.2, 0.25) is 11.8 Å². The van der Waals surface area contributed by atoms with Crippen molar-refractivity contribution in [1.82, 2.24) is 20.4 Å². The summed E-state index contributed by atoms with van der Waals surface area (Å²) in [7, 11) is 0. The van der Waals surface area contributed by atoms with Gasteiger partial charge in [0.15, 0.2) is 0 Å². The molecule has 3 unspecified atom stereocenters. The van der Waals surface area contributed by atoms with E-state index in [0.717, 1.165) is 42.4 Å². The second-order valence-corrected chi connectivity index (χ2v) is 8.09. The summed E-state index contributed by atoms with van der Waals surface area (Å²) in [6.45, 7) is 3.61. The minimum atomic E-state index is -0.923. The van der Waals surface area contributed by atoms with Crippen LogP contribution in [0.25, 0.3) is 0 Å². The number of imide groups is 2. The van der Waals surface area contributed by atoms with E-state index in [1.807, 2.05) is 6.07 Å². The van der Waals surface area contributed by atoms with Crippen LogP contribution in [0.5, 0.6) is 0 Å². The van der Waals surface area contributed by atoms with Crippen LogP contribution in [-0.2, 0) is 16.1 Å². The van der Waals surface area contributed by atoms with Crippen LogP contribution in [0.1, 0.15) is 45.5 Å². The molecule has 3 atom stereocenters. The quantitative estimate of drug-likeness (QED) is 0.708. The van der Waals surface area contributed by atoms with E-state index in [2.05, 4.69) is 15.5 Å². The molecule has 2 N–H and O–H groups in total. The van der Waals surface area contributed by atoms with E-state index in [0.29, 0.717) is 23.7 Å². The maximum absolute atomic E-state index is 13.1. The van der Waals surface area contributed by atoms with Crippen molar-refractivity contribution in [1.29, 1.82) is 0 Å². The normalized spacial score (nSPS) is 30.0. The van der Waals surface area contributed by atoms with Gasteiger partial charge < -0.3 is 5.32 Å². The van der Waals surface area contributed by atoms with Gasteiger partial charge in [0, 0.05) is 25.6 Å². The van der Waals surface area contributed by atoms with Crippen molar-refractivity contribution in [3.05, 3.63) is 34.9 Å². The lowest BCUT2D eigenvalue weighted by Crippen LogP contribution is -2.61. The molecule has 4 aliphatic heterocycles. The lowest BCUT2D eigenvalue weighted by atomic mass is 9.85. The van der Waals surface area contributed by atoms with Gasteiger partial charge in [-0.05, 0) is 43.5 Å². The minimum absolute atomic E-state index is 0.125. The molecule has 3 fully saturated rings. The smallest absolute Gasteiger partial charge is 0.262 e. The predicted octanol–water partition coefficient (Wildman–Crippen LogP) is -0.118. The molecule has 28 heavy (non-hydrogen) atoms. The Morgan fingerprint density at radius 1 is 1.07 bits per heavy atom. The molecule has 4 heterocycles. The Balaban J connectivity index is 1.40. The highest BCUT2D eigenvalue weighted by Gasteiger charge is 2.45. The number of carbonyl (C=O) groups excluding carboxylic acids is 4. The van der Waals surface area contributed by atoms with Crippen molar-refractivity contribution in [2.24, 2.45) is 5.92 Å².